The zero-order valence-electron chi connectivity index (χ0n) is 8.16. The first-order chi connectivity index (χ1) is 6.90. The number of hydrogen-bond acceptors (Lipinski definition) is 3. The van der Waals surface area contributed by atoms with Crippen molar-refractivity contribution in [1.82, 2.24) is 0 Å². The van der Waals surface area contributed by atoms with Gasteiger partial charge in [-0.05, 0) is 30.0 Å². The summed E-state index contributed by atoms with van der Waals surface area (Å²) in [5, 5.41) is 0. The minimum Gasteiger partial charge on any atom is -0.493 e. The Hall–Kier alpha value is -1.06. The molecular weight excluding hydrogens is 178 g/mol. The number of aryl methyl sites for hydroxylation is 1. The van der Waals surface area contributed by atoms with Crippen molar-refractivity contribution in [3.8, 4) is 5.75 Å². The highest BCUT2D eigenvalue weighted by Crippen LogP contribution is 2.26. The third-order valence-electron chi connectivity index (χ3n) is 2.48. The van der Waals surface area contributed by atoms with Gasteiger partial charge in [0, 0.05) is 6.42 Å². The molecule has 0 aromatic heterocycles. The van der Waals surface area contributed by atoms with Crippen molar-refractivity contribution in [2.24, 2.45) is 5.90 Å². The average Bonchev–Trinajstić information content (AvgIpc) is 2.65. The Balaban J connectivity index is 1.98. The largest absolute Gasteiger partial charge is 0.493 e. The number of ether oxygens (including phenoxy) is 1. The lowest BCUT2D eigenvalue weighted by molar-refractivity contribution is 0.135. The molecule has 0 saturated carbocycles. The van der Waals surface area contributed by atoms with Crippen LogP contribution in [-0.4, -0.2) is 13.2 Å². The van der Waals surface area contributed by atoms with Crippen LogP contribution >= 0.6 is 0 Å². The fourth-order valence-electron chi connectivity index (χ4n) is 1.76. The molecule has 0 bridgehead atoms. The highest BCUT2D eigenvalue weighted by Gasteiger charge is 2.11. The molecule has 0 saturated heterocycles. The fraction of sp³-hybridized carbons (Fsp3) is 0.455. The van der Waals surface area contributed by atoms with Gasteiger partial charge >= 0.3 is 0 Å². The minimum atomic E-state index is 0.619. The molecule has 0 aliphatic carbocycles. The quantitative estimate of drug-likeness (QED) is 0.581. The molecule has 0 fully saturated rings. The van der Waals surface area contributed by atoms with Gasteiger partial charge in [-0.2, -0.15) is 0 Å². The van der Waals surface area contributed by atoms with Crippen molar-refractivity contribution in [3.05, 3.63) is 29.3 Å². The summed E-state index contributed by atoms with van der Waals surface area (Å²) in [6.07, 6.45) is 3.02. The number of hydrogen-bond donors (Lipinski definition) is 1. The van der Waals surface area contributed by atoms with Crippen molar-refractivity contribution in [1.29, 1.82) is 0 Å². The first-order valence-corrected chi connectivity index (χ1v) is 4.96. The molecule has 0 spiro atoms. The zero-order chi connectivity index (χ0) is 9.80. The molecule has 1 aliphatic rings. The summed E-state index contributed by atoms with van der Waals surface area (Å²) in [4.78, 5) is 4.53. The molecule has 0 unspecified atom stereocenters. The molecule has 0 atom stereocenters. The third kappa shape index (κ3) is 2.05. The van der Waals surface area contributed by atoms with Crippen LogP contribution in [0.3, 0.4) is 0 Å². The molecule has 1 aliphatic heterocycles. The molecule has 2 N–H and O–H groups in total. The number of rotatable bonds is 4. The summed E-state index contributed by atoms with van der Waals surface area (Å²) in [6, 6.07) is 6.39. The highest BCUT2D eigenvalue weighted by molar-refractivity contribution is 5.39. The second-order valence-corrected chi connectivity index (χ2v) is 3.51. The van der Waals surface area contributed by atoms with E-state index >= 15 is 0 Å². The summed E-state index contributed by atoms with van der Waals surface area (Å²) in [5.74, 6) is 6.01. The van der Waals surface area contributed by atoms with E-state index in [0.717, 1.165) is 31.6 Å². The molecule has 1 aromatic rings. The van der Waals surface area contributed by atoms with Crippen molar-refractivity contribution in [2.75, 3.05) is 13.2 Å². The van der Waals surface area contributed by atoms with Gasteiger partial charge in [0.15, 0.2) is 0 Å². The Morgan fingerprint density at radius 3 is 3.21 bits per heavy atom. The topological polar surface area (TPSA) is 44.5 Å². The summed E-state index contributed by atoms with van der Waals surface area (Å²) in [6.45, 7) is 1.44. The number of benzene rings is 1. The van der Waals surface area contributed by atoms with Crippen LogP contribution in [0.2, 0.25) is 0 Å². The van der Waals surface area contributed by atoms with Gasteiger partial charge in [0.1, 0.15) is 5.75 Å². The molecule has 1 heterocycles. The van der Waals surface area contributed by atoms with Gasteiger partial charge in [0.2, 0.25) is 0 Å². The summed E-state index contributed by atoms with van der Waals surface area (Å²) >= 11 is 0. The van der Waals surface area contributed by atoms with Crippen LogP contribution in [0.4, 0.5) is 0 Å². The monoisotopic (exact) mass is 193 g/mol. The molecular formula is C11H15NO2. The predicted molar refractivity (Wildman–Crippen MR) is 54.1 cm³/mol. The van der Waals surface area contributed by atoms with Gasteiger partial charge in [-0.15, -0.1) is 0 Å². The zero-order valence-corrected chi connectivity index (χ0v) is 8.16. The van der Waals surface area contributed by atoms with Crippen molar-refractivity contribution >= 4 is 0 Å². The Bertz CT molecular complexity index is 312. The average molecular weight is 193 g/mol. The van der Waals surface area contributed by atoms with Crippen LogP contribution in [0, 0.1) is 0 Å². The van der Waals surface area contributed by atoms with E-state index in [1.807, 2.05) is 0 Å². The Kier molecular flexibility index (Phi) is 3.01. The Morgan fingerprint density at radius 2 is 2.36 bits per heavy atom. The first kappa shape index (κ1) is 9.49. The molecule has 0 amide bonds. The van der Waals surface area contributed by atoms with E-state index in [4.69, 9.17) is 10.6 Å². The van der Waals surface area contributed by atoms with Gasteiger partial charge < -0.3 is 9.57 Å². The molecule has 0 radical (unpaired) electrons. The van der Waals surface area contributed by atoms with Gasteiger partial charge in [0.05, 0.1) is 13.2 Å². The van der Waals surface area contributed by atoms with Crippen LogP contribution in [0.5, 0.6) is 5.75 Å². The maximum atomic E-state index is 5.43. The number of fused-ring (bicyclic) bond motifs is 1. The summed E-state index contributed by atoms with van der Waals surface area (Å²) in [5.41, 5.74) is 2.67. The SMILES string of the molecule is NOCCCc1ccc2c(c1)CCO2. The maximum Gasteiger partial charge on any atom is 0.122 e. The van der Waals surface area contributed by atoms with E-state index < -0.39 is 0 Å². The van der Waals surface area contributed by atoms with E-state index in [0.29, 0.717) is 6.61 Å². The second-order valence-electron chi connectivity index (χ2n) is 3.51. The Labute approximate surface area is 83.8 Å². The normalized spacial score (nSPS) is 13.8. The molecule has 2 rings (SSSR count). The van der Waals surface area contributed by atoms with Crippen molar-refractivity contribution in [3.63, 3.8) is 0 Å². The smallest absolute Gasteiger partial charge is 0.122 e. The van der Waals surface area contributed by atoms with Gasteiger partial charge in [-0.25, -0.2) is 5.90 Å². The lowest BCUT2D eigenvalue weighted by Gasteiger charge is -2.03. The van der Waals surface area contributed by atoms with Gasteiger partial charge in [-0.1, -0.05) is 12.1 Å². The lowest BCUT2D eigenvalue weighted by atomic mass is 10.1. The van der Waals surface area contributed by atoms with E-state index in [2.05, 4.69) is 23.0 Å². The first-order valence-electron chi connectivity index (χ1n) is 4.96. The highest BCUT2D eigenvalue weighted by atomic mass is 16.6. The molecule has 1 aromatic carbocycles. The minimum absolute atomic E-state index is 0.619. The summed E-state index contributed by atoms with van der Waals surface area (Å²) in [7, 11) is 0. The maximum absolute atomic E-state index is 5.43. The number of nitrogens with two attached hydrogens (primary N) is 1. The van der Waals surface area contributed by atoms with E-state index in [1.54, 1.807) is 0 Å². The molecule has 3 heteroatoms. The van der Waals surface area contributed by atoms with Gasteiger partial charge in [-0.3, -0.25) is 0 Å². The standard InChI is InChI=1S/C11H15NO2/c12-14-6-1-2-9-3-4-11-10(8-9)5-7-13-11/h3-4,8H,1-2,5-7,12H2. The molecule has 3 nitrogen and oxygen atoms in total. The summed E-state index contributed by atoms with van der Waals surface area (Å²) < 4.78 is 5.43. The van der Waals surface area contributed by atoms with E-state index in [-0.39, 0.29) is 0 Å². The third-order valence-corrected chi connectivity index (χ3v) is 2.48. The molecule has 14 heavy (non-hydrogen) atoms. The van der Waals surface area contributed by atoms with Crippen LogP contribution in [0.1, 0.15) is 17.5 Å². The van der Waals surface area contributed by atoms with Crippen LogP contribution in [0.15, 0.2) is 18.2 Å². The predicted octanol–water partition coefficient (Wildman–Crippen LogP) is 1.44. The second kappa shape index (κ2) is 4.44. The molecule has 76 valence electrons. The fourth-order valence-corrected chi connectivity index (χ4v) is 1.76. The van der Waals surface area contributed by atoms with E-state index in [1.165, 1.54) is 11.1 Å². The van der Waals surface area contributed by atoms with Crippen LogP contribution in [0.25, 0.3) is 0 Å². The van der Waals surface area contributed by atoms with Crippen molar-refractivity contribution < 1.29 is 9.57 Å². The Morgan fingerprint density at radius 1 is 1.43 bits per heavy atom. The van der Waals surface area contributed by atoms with Crippen LogP contribution in [-0.2, 0) is 17.7 Å². The van der Waals surface area contributed by atoms with Gasteiger partial charge in [0.25, 0.3) is 0 Å². The lowest BCUT2D eigenvalue weighted by Crippen LogP contribution is -2.01. The van der Waals surface area contributed by atoms with Crippen LogP contribution < -0.4 is 10.6 Å². The van der Waals surface area contributed by atoms with E-state index in [9.17, 15) is 0 Å². The van der Waals surface area contributed by atoms with Crippen molar-refractivity contribution in [2.45, 2.75) is 19.3 Å².